The van der Waals surface area contributed by atoms with E-state index < -0.39 is 23.5 Å². The third-order valence-corrected chi connectivity index (χ3v) is 8.18. The molecule has 0 spiro atoms. The molecule has 2 N–H and O–H groups in total. The number of halogens is 6. The second kappa shape index (κ2) is 14.7. The van der Waals surface area contributed by atoms with Gasteiger partial charge in [-0.1, -0.05) is 10.3 Å². The van der Waals surface area contributed by atoms with Crippen molar-refractivity contribution in [2.75, 3.05) is 46.6 Å². The SMILES string of the molecule is Cc1noc(CNc2cc(C(F)(F)F)ccc2N2CCCC2)n1.FC(F)(F)c1ccc(N2CCCC2)c(NCc2nc(-c3ccco3)no2)c1.[HH].[HH]. The Hall–Kier alpha value is -5.22. The fraction of sp³-hybridized carbons (Fsp3) is 0.394. The van der Waals surface area contributed by atoms with Gasteiger partial charge < -0.3 is 33.9 Å². The highest BCUT2D eigenvalue weighted by Crippen LogP contribution is 2.38. The maximum absolute atomic E-state index is 13.1. The largest absolute Gasteiger partial charge is 0.461 e. The van der Waals surface area contributed by atoms with E-state index in [1.807, 2.05) is 0 Å². The number of nitrogens with one attached hydrogen (secondary N) is 2. The molecule has 0 amide bonds. The summed E-state index contributed by atoms with van der Waals surface area (Å²) in [6.07, 6.45) is -3.15. The fourth-order valence-electron chi connectivity index (χ4n) is 5.76. The van der Waals surface area contributed by atoms with Crippen molar-refractivity contribution in [3.8, 4) is 11.6 Å². The van der Waals surface area contributed by atoms with Crippen molar-refractivity contribution in [3.63, 3.8) is 0 Å². The number of furan rings is 1. The molecule has 2 aliphatic heterocycles. The van der Waals surface area contributed by atoms with Gasteiger partial charge in [-0.3, -0.25) is 0 Å². The number of aryl methyl sites for hydroxylation is 1. The Morgan fingerprint density at radius 2 is 1.20 bits per heavy atom. The van der Waals surface area contributed by atoms with Gasteiger partial charge >= 0.3 is 12.4 Å². The zero-order valence-corrected chi connectivity index (χ0v) is 26.9. The number of hydrogen-bond donors (Lipinski definition) is 2. The van der Waals surface area contributed by atoms with E-state index in [1.54, 1.807) is 19.1 Å². The molecule has 0 saturated carbocycles. The molecular weight excluding hydrogens is 670 g/mol. The minimum Gasteiger partial charge on any atom is -0.461 e. The molecule has 7 rings (SSSR count). The molecule has 5 aromatic rings. The quantitative estimate of drug-likeness (QED) is 0.143. The molecule has 2 fully saturated rings. The zero-order valence-electron chi connectivity index (χ0n) is 26.9. The second-order valence-electron chi connectivity index (χ2n) is 11.8. The molecule has 50 heavy (non-hydrogen) atoms. The van der Waals surface area contributed by atoms with E-state index in [0.717, 1.165) is 87.5 Å². The fourth-order valence-corrected chi connectivity index (χ4v) is 5.76. The van der Waals surface area contributed by atoms with Gasteiger partial charge in [0.2, 0.25) is 17.6 Å². The Morgan fingerprint density at radius 1 is 0.700 bits per heavy atom. The molecule has 0 unspecified atom stereocenters. The lowest BCUT2D eigenvalue weighted by Gasteiger charge is -2.23. The molecular formula is C33H38F6N8O3. The first-order valence-electron chi connectivity index (χ1n) is 16.0. The van der Waals surface area contributed by atoms with Crippen LogP contribution in [0.4, 0.5) is 49.1 Å². The summed E-state index contributed by atoms with van der Waals surface area (Å²) in [6.45, 7) is 5.32. The molecule has 17 heteroatoms. The molecule has 2 aliphatic rings. The summed E-state index contributed by atoms with van der Waals surface area (Å²) in [5, 5.41) is 13.5. The number of alkyl halides is 6. The third kappa shape index (κ3) is 8.49. The van der Waals surface area contributed by atoms with Gasteiger partial charge in [0.1, 0.15) is 0 Å². The maximum atomic E-state index is 13.1. The van der Waals surface area contributed by atoms with Crippen molar-refractivity contribution in [1.29, 1.82) is 0 Å². The Bertz CT molecular complexity index is 1850. The normalized spacial score (nSPS) is 14.9. The summed E-state index contributed by atoms with van der Waals surface area (Å²) >= 11 is 0. The predicted octanol–water partition coefficient (Wildman–Crippen LogP) is 8.66. The lowest BCUT2D eigenvalue weighted by Crippen LogP contribution is -2.20. The van der Waals surface area contributed by atoms with Gasteiger partial charge in [-0.05, 0) is 81.1 Å². The average molecular weight is 709 g/mol. The van der Waals surface area contributed by atoms with Crippen LogP contribution in [-0.2, 0) is 25.4 Å². The lowest BCUT2D eigenvalue weighted by molar-refractivity contribution is -0.138. The summed E-state index contributed by atoms with van der Waals surface area (Å²) in [4.78, 5) is 12.4. The molecule has 5 heterocycles. The van der Waals surface area contributed by atoms with E-state index in [-0.39, 0.29) is 21.8 Å². The predicted molar refractivity (Wildman–Crippen MR) is 176 cm³/mol. The Kier molecular flexibility index (Phi) is 10.2. The van der Waals surface area contributed by atoms with Gasteiger partial charge in [-0.15, -0.1) is 0 Å². The van der Waals surface area contributed by atoms with Crippen molar-refractivity contribution in [2.45, 2.75) is 58.0 Å². The van der Waals surface area contributed by atoms with Gasteiger partial charge in [-0.2, -0.15) is 36.3 Å². The summed E-state index contributed by atoms with van der Waals surface area (Å²) in [6, 6.07) is 10.9. The highest BCUT2D eigenvalue weighted by atomic mass is 19.4. The van der Waals surface area contributed by atoms with Crippen LogP contribution in [0.15, 0.2) is 68.3 Å². The molecule has 0 aliphatic carbocycles. The van der Waals surface area contributed by atoms with Gasteiger partial charge in [0.05, 0.1) is 53.2 Å². The molecule has 270 valence electrons. The lowest BCUT2D eigenvalue weighted by atomic mass is 10.1. The number of hydrogen-bond acceptors (Lipinski definition) is 11. The van der Waals surface area contributed by atoms with Crippen LogP contribution in [0.5, 0.6) is 0 Å². The van der Waals surface area contributed by atoms with Crippen molar-refractivity contribution in [1.82, 2.24) is 20.3 Å². The topological polar surface area (TPSA) is 122 Å². The van der Waals surface area contributed by atoms with Gasteiger partial charge in [0.25, 0.3) is 0 Å². The summed E-state index contributed by atoms with van der Waals surface area (Å²) in [5.74, 6) is 1.84. The molecule has 0 bridgehead atoms. The second-order valence-corrected chi connectivity index (χ2v) is 11.8. The van der Waals surface area contributed by atoms with Crippen molar-refractivity contribution in [2.24, 2.45) is 0 Å². The Balaban J connectivity index is 0.000000227. The number of benzene rings is 2. The van der Waals surface area contributed by atoms with Crippen molar-refractivity contribution in [3.05, 3.63) is 83.5 Å². The monoisotopic (exact) mass is 708 g/mol. The van der Waals surface area contributed by atoms with Crippen molar-refractivity contribution < 1.29 is 42.7 Å². The number of aromatic nitrogens is 4. The summed E-state index contributed by atoms with van der Waals surface area (Å²) < 4.78 is 93.5. The van der Waals surface area contributed by atoms with Crippen molar-refractivity contribution >= 4 is 22.7 Å². The first kappa shape index (κ1) is 34.6. The average Bonchev–Trinajstić information content (AvgIpc) is 3.93. The van der Waals surface area contributed by atoms with Gasteiger partial charge in [0, 0.05) is 29.0 Å². The maximum Gasteiger partial charge on any atom is 0.416 e. The first-order chi connectivity index (χ1) is 23.9. The number of rotatable bonds is 9. The standard InChI is InChI=1S/C18H17F3N4O2.C15H17F3N4O.2H2/c19-18(20,21)12-5-6-14(25-7-1-2-8-25)13(10-12)22-11-16-23-17(24-27-16)15-4-3-9-26-15;1-10-20-14(23-21-10)9-19-12-8-11(15(16,17)18)4-5-13(12)22-6-2-3-7-22;;/h3-6,9-10,22H,1-2,7-8,11H2;4-5,8,19H,2-3,6-7,9H2,1H3;2*1H. The highest BCUT2D eigenvalue weighted by Gasteiger charge is 2.33. The van der Waals surface area contributed by atoms with E-state index >= 15 is 0 Å². The van der Waals surface area contributed by atoms with Crippen LogP contribution in [0.25, 0.3) is 11.6 Å². The first-order valence-corrected chi connectivity index (χ1v) is 16.0. The Morgan fingerprint density at radius 3 is 1.64 bits per heavy atom. The molecule has 0 atom stereocenters. The smallest absolute Gasteiger partial charge is 0.416 e. The van der Waals surface area contributed by atoms with E-state index in [9.17, 15) is 26.3 Å². The molecule has 11 nitrogen and oxygen atoms in total. The minimum atomic E-state index is -4.41. The molecule has 2 aromatic carbocycles. The summed E-state index contributed by atoms with van der Waals surface area (Å²) in [5.41, 5.74) is 0.958. The van der Waals surface area contributed by atoms with Crippen LogP contribution in [-0.4, -0.2) is 46.5 Å². The number of nitrogens with zero attached hydrogens (tertiary/aromatic N) is 6. The third-order valence-electron chi connectivity index (χ3n) is 8.18. The molecule has 3 aromatic heterocycles. The van der Waals surface area contributed by atoms with Crippen LogP contribution in [0, 0.1) is 6.92 Å². The summed E-state index contributed by atoms with van der Waals surface area (Å²) in [7, 11) is 0. The van der Waals surface area contributed by atoms with Crippen LogP contribution in [0.3, 0.4) is 0 Å². The molecule has 0 radical (unpaired) electrons. The van der Waals surface area contributed by atoms with Crippen LogP contribution < -0.4 is 20.4 Å². The van der Waals surface area contributed by atoms with Crippen LogP contribution in [0.1, 0.15) is 57.3 Å². The van der Waals surface area contributed by atoms with Crippen LogP contribution >= 0.6 is 0 Å². The van der Waals surface area contributed by atoms with E-state index in [4.69, 9.17) is 13.5 Å². The van der Waals surface area contributed by atoms with E-state index in [1.165, 1.54) is 18.4 Å². The van der Waals surface area contributed by atoms with Gasteiger partial charge in [-0.25, -0.2) is 0 Å². The van der Waals surface area contributed by atoms with Crippen LogP contribution in [0.2, 0.25) is 0 Å². The highest BCUT2D eigenvalue weighted by molar-refractivity contribution is 5.72. The van der Waals surface area contributed by atoms with E-state index in [2.05, 4.69) is 40.7 Å². The number of anilines is 4. The molecule has 2 saturated heterocycles. The van der Waals surface area contributed by atoms with Gasteiger partial charge in [0.15, 0.2) is 11.6 Å². The van der Waals surface area contributed by atoms with E-state index in [0.29, 0.717) is 34.7 Å². The minimum absolute atomic E-state index is 0. The zero-order chi connectivity index (χ0) is 35.3. The Labute approximate surface area is 285 Å².